The Morgan fingerprint density at radius 1 is 1.44 bits per heavy atom. The molecule has 5 heteroatoms. The maximum absolute atomic E-state index is 11.7. The van der Waals surface area contributed by atoms with Gasteiger partial charge in [-0.25, -0.2) is 0 Å². The van der Waals surface area contributed by atoms with Crippen LogP contribution in [0.3, 0.4) is 0 Å². The molecule has 0 aliphatic carbocycles. The van der Waals surface area contributed by atoms with Crippen LogP contribution in [0.15, 0.2) is 0 Å². The maximum Gasteiger partial charge on any atom is 0.220 e. The van der Waals surface area contributed by atoms with Crippen LogP contribution in [0.25, 0.3) is 0 Å². The third-order valence-corrected chi connectivity index (χ3v) is 6.26. The van der Waals surface area contributed by atoms with Crippen LogP contribution in [0.2, 0.25) is 0 Å². The Balaban J connectivity index is 2.05. The standard InChI is InChI=1S/C13H25NO2S2/c1-10(2)12(9-15)14-13(16)6-4-3-5-11-7-8-17-18-11/h10-12,15H,3-9H2,1-2H3,(H,14,16). The largest absolute Gasteiger partial charge is 0.394 e. The summed E-state index contributed by atoms with van der Waals surface area (Å²) in [6, 6.07) is -0.0979. The third-order valence-electron chi connectivity index (χ3n) is 3.26. The zero-order valence-corrected chi connectivity index (χ0v) is 13.0. The van der Waals surface area contributed by atoms with Crippen LogP contribution in [-0.4, -0.2) is 34.7 Å². The van der Waals surface area contributed by atoms with Crippen LogP contribution in [0.5, 0.6) is 0 Å². The van der Waals surface area contributed by atoms with E-state index in [9.17, 15) is 4.79 Å². The molecule has 0 aromatic heterocycles. The van der Waals surface area contributed by atoms with Crippen LogP contribution in [-0.2, 0) is 4.79 Å². The Bertz CT molecular complexity index is 243. The first-order chi connectivity index (χ1) is 8.63. The average molecular weight is 291 g/mol. The Kier molecular flexibility index (Phi) is 8.18. The fraction of sp³-hybridized carbons (Fsp3) is 0.923. The van der Waals surface area contributed by atoms with Gasteiger partial charge >= 0.3 is 0 Å². The van der Waals surface area contributed by atoms with Crippen molar-refractivity contribution in [3.63, 3.8) is 0 Å². The molecule has 2 N–H and O–H groups in total. The summed E-state index contributed by atoms with van der Waals surface area (Å²) in [6.07, 6.45) is 5.24. The number of carbonyl (C=O) groups excluding carboxylic acids is 1. The van der Waals surface area contributed by atoms with E-state index >= 15 is 0 Å². The number of nitrogens with one attached hydrogen (secondary N) is 1. The van der Waals surface area contributed by atoms with Crippen molar-refractivity contribution in [2.45, 2.75) is 57.2 Å². The minimum atomic E-state index is -0.0979. The Hall–Kier alpha value is 0.130. The van der Waals surface area contributed by atoms with Gasteiger partial charge in [-0.3, -0.25) is 4.79 Å². The van der Waals surface area contributed by atoms with Gasteiger partial charge in [0.1, 0.15) is 0 Å². The van der Waals surface area contributed by atoms with Crippen molar-refractivity contribution in [2.24, 2.45) is 5.92 Å². The van der Waals surface area contributed by atoms with E-state index in [2.05, 4.69) is 5.32 Å². The monoisotopic (exact) mass is 291 g/mol. The van der Waals surface area contributed by atoms with Crippen molar-refractivity contribution in [1.82, 2.24) is 5.32 Å². The van der Waals surface area contributed by atoms with E-state index < -0.39 is 0 Å². The minimum Gasteiger partial charge on any atom is -0.394 e. The molecule has 1 amide bonds. The molecule has 1 saturated heterocycles. The number of unbranched alkanes of at least 4 members (excludes halogenated alkanes) is 1. The zero-order chi connectivity index (χ0) is 13.4. The molecule has 0 bridgehead atoms. The van der Waals surface area contributed by atoms with Gasteiger partial charge in [0.25, 0.3) is 0 Å². The predicted octanol–water partition coefficient (Wildman–Crippen LogP) is 2.83. The molecule has 0 aromatic rings. The van der Waals surface area contributed by atoms with E-state index in [0.717, 1.165) is 18.1 Å². The van der Waals surface area contributed by atoms with Crippen LogP contribution in [0.4, 0.5) is 0 Å². The van der Waals surface area contributed by atoms with Gasteiger partial charge in [0.2, 0.25) is 5.91 Å². The zero-order valence-electron chi connectivity index (χ0n) is 11.4. The molecule has 1 heterocycles. The van der Waals surface area contributed by atoms with E-state index in [0.29, 0.717) is 6.42 Å². The van der Waals surface area contributed by atoms with Gasteiger partial charge in [-0.15, -0.1) is 0 Å². The first kappa shape index (κ1) is 16.2. The summed E-state index contributed by atoms with van der Waals surface area (Å²) in [5.74, 6) is 1.64. The maximum atomic E-state index is 11.7. The van der Waals surface area contributed by atoms with Crippen molar-refractivity contribution >= 4 is 27.5 Å². The van der Waals surface area contributed by atoms with Gasteiger partial charge in [-0.2, -0.15) is 0 Å². The molecule has 0 saturated carbocycles. The summed E-state index contributed by atoms with van der Waals surface area (Å²) in [5.41, 5.74) is 0. The van der Waals surface area contributed by atoms with Crippen LogP contribution in [0.1, 0.15) is 46.0 Å². The summed E-state index contributed by atoms with van der Waals surface area (Å²) in [7, 11) is 3.97. The molecule has 1 rings (SSSR count). The van der Waals surface area contributed by atoms with Crippen molar-refractivity contribution < 1.29 is 9.90 Å². The number of hydrogen-bond acceptors (Lipinski definition) is 4. The lowest BCUT2D eigenvalue weighted by molar-refractivity contribution is -0.122. The smallest absolute Gasteiger partial charge is 0.220 e. The van der Waals surface area contributed by atoms with E-state index in [-0.39, 0.29) is 24.5 Å². The van der Waals surface area contributed by atoms with Crippen molar-refractivity contribution in [1.29, 1.82) is 0 Å². The summed E-state index contributed by atoms with van der Waals surface area (Å²) in [4.78, 5) is 11.7. The molecule has 2 unspecified atom stereocenters. The van der Waals surface area contributed by atoms with Gasteiger partial charge < -0.3 is 10.4 Å². The van der Waals surface area contributed by atoms with Gasteiger partial charge in [0.05, 0.1) is 12.6 Å². The number of aliphatic hydroxyl groups excluding tert-OH is 1. The Morgan fingerprint density at radius 3 is 2.78 bits per heavy atom. The highest BCUT2D eigenvalue weighted by atomic mass is 33.1. The molecule has 1 aliphatic rings. The quantitative estimate of drug-likeness (QED) is 0.533. The summed E-state index contributed by atoms with van der Waals surface area (Å²) >= 11 is 0. The number of rotatable bonds is 8. The SMILES string of the molecule is CC(C)C(CO)NC(=O)CCCCC1CCSS1. The van der Waals surface area contributed by atoms with E-state index in [1.165, 1.54) is 18.6 Å². The molecule has 0 spiro atoms. The van der Waals surface area contributed by atoms with E-state index in [1.807, 2.05) is 35.4 Å². The summed E-state index contributed by atoms with van der Waals surface area (Å²) in [6.45, 7) is 4.05. The Morgan fingerprint density at radius 2 is 2.22 bits per heavy atom. The molecule has 2 atom stereocenters. The normalized spacial score (nSPS) is 21.2. The molecule has 0 radical (unpaired) electrons. The lowest BCUT2D eigenvalue weighted by Gasteiger charge is -2.19. The van der Waals surface area contributed by atoms with Gasteiger partial charge in [0.15, 0.2) is 0 Å². The van der Waals surface area contributed by atoms with Gasteiger partial charge in [-0.1, -0.05) is 41.9 Å². The average Bonchev–Trinajstić information content (AvgIpc) is 2.84. The molecule has 106 valence electrons. The molecule has 1 aliphatic heterocycles. The predicted molar refractivity (Wildman–Crippen MR) is 80.8 cm³/mol. The fourth-order valence-electron chi connectivity index (χ4n) is 1.92. The topological polar surface area (TPSA) is 49.3 Å². The third kappa shape index (κ3) is 6.34. The second-order valence-corrected chi connectivity index (χ2v) is 7.96. The number of carbonyl (C=O) groups is 1. The lowest BCUT2D eigenvalue weighted by Crippen LogP contribution is -2.41. The van der Waals surface area contributed by atoms with Crippen LogP contribution < -0.4 is 5.32 Å². The summed E-state index contributed by atoms with van der Waals surface area (Å²) in [5, 5.41) is 12.8. The molecular formula is C13H25NO2S2. The Labute approximate surface area is 118 Å². The molecule has 1 fully saturated rings. The molecule has 0 aromatic carbocycles. The second kappa shape index (κ2) is 9.10. The van der Waals surface area contributed by atoms with Gasteiger partial charge in [-0.05, 0) is 25.2 Å². The lowest BCUT2D eigenvalue weighted by atomic mass is 10.0. The highest BCUT2D eigenvalue weighted by molar-refractivity contribution is 8.77. The van der Waals surface area contributed by atoms with E-state index in [4.69, 9.17) is 5.11 Å². The first-order valence-electron chi connectivity index (χ1n) is 6.82. The van der Waals surface area contributed by atoms with Crippen LogP contribution >= 0.6 is 21.6 Å². The van der Waals surface area contributed by atoms with Crippen LogP contribution in [0, 0.1) is 5.92 Å². The fourth-order valence-corrected chi connectivity index (χ4v) is 4.95. The molecule has 3 nitrogen and oxygen atoms in total. The van der Waals surface area contributed by atoms with Crippen molar-refractivity contribution in [3.8, 4) is 0 Å². The number of aliphatic hydroxyl groups is 1. The summed E-state index contributed by atoms with van der Waals surface area (Å²) < 4.78 is 0. The number of amides is 1. The molecule has 18 heavy (non-hydrogen) atoms. The van der Waals surface area contributed by atoms with E-state index in [1.54, 1.807) is 0 Å². The van der Waals surface area contributed by atoms with Crippen molar-refractivity contribution in [2.75, 3.05) is 12.4 Å². The first-order valence-corrected chi connectivity index (χ1v) is 9.20. The number of hydrogen-bond donors (Lipinski definition) is 2. The highest BCUT2D eigenvalue weighted by Gasteiger charge is 2.17. The minimum absolute atomic E-state index is 0.0271. The highest BCUT2D eigenvalue weighted by Crippen LogP contribution is 2.39. The second-order valence-electron chi connectivity index (χ2n) is 5.18. The molecular weight excluding hydrogens is 266 g/mol. The van der Waals surface area contributed by atoms with Crippen molar-refractivity contribution in [3.05, 3.63) is 0 Å². The van der Waals surface area contributed by atoms with Gasteiger partial charge in [0, 0.05) is 17.4 Å².